The summed E-state index contributed by atoms with van der Waals surface area (Å²) < 4.78 is 65.4. The lowest BCUT2D eigenvalue weighted by molar-refractivity contribution is -0.0596. The Hall–Kier alpha value is -0.380. The summed E-state index contributed by atoms with van der Waals surface area (Å²) in [5, 5.41) is 8.68. The molecule has 1 aliphatic rings. The summed E-state index contributed by atoms with van der Waals surface area (Å²) in [6.07, 6.45) is -0.355. The van der Waals surface area contributed by atoms with Gasteiger partial charge >= 0.3 is 15.6 Å². The van der Waals surface area contributed by atoms with Crippen molar-refractivity contribution in [3.05, 3.63) is 0 Å². The molecule has 5 nitrogen and oxygen atoms in total. The molecule has 0 bridgehead atoms. The molecule has 1 heterocycles. The lowest BCUT2D eigenvalue weighted by Gasteiger charge is -2.13. The molecule has 9 heteroatoms. The number of aliphatic hydroxyl groups excluding tert-OH is 1. The van der Waals surface area contributed by atoms with Gasteiger partial charge < -0.3 is 9.84 Å². The Morgan fingerprint density at radius 2 is 1.88 bits per heavy atom. The van der Waals surface area contributed by atoms with Crippen LogP contribution in [-0.4, -0.2) is 44.5 Å². The third-order valence-corrected chi connectivity index (χ3v) is 3.11. The van der Waals surface area contributed by atoms with Crippen LogP contribution in [0.4, 0.5) is 13.2 Å². The molecule has 1 saturated heterocycles. The SMILES string of the molecule is O=S(=O)(OC[C@@H]1CC[C@H](CO)O1)C(F)(F)F. The Kier molecular flexibility index (Phi) is 4.16. The lowest BCUT2D eigenvalue weighted by atomic mass is 10.2. The first-order chi connectivity index (χ1) is 7.26. The second-order valence-electron chi connectivity index (χ2n) is 3.32. The maximum absolute atomic E-state index is 11.9. The highest BCUT2D eigenvalue weighted by atomic mass is 32.2. The zero-order valence-electron chi connectivity index (χ0n) is 8.11. The molecule has 16 heavy (non-hydrogen) atoms. The fraction of sp³-hybridized carbons (Fsp3) is 1.00. The Morgan fingerprint density at radius 3 is 2.31 bits per heavy atom. The molecule has 0 radical (unpaired) electrons. The number of alkyl halides is 3. The van der Waals surface area contributed by atoms with Gasteiger partial charge in [0, 0.05) is 0 Å². The van der Waals surface area contributed by atoms with Crippen molar-refractivity contribution in [2.24, 2.45) is 0 Å². The van der Waals surface area contributed by atoms with Gasteiger partial charge in [0.2, 0.25) is 0 Å². The van der Waals surface area contributed by atoms with Gasteiger partial charge in [0.05, 0.1) is 25.4 Å². The fourth-order valence-corrected chi connectivity index (χ4v) is 1.73. The summed E-state index contributed by atoms with van der Waals surface area (Å²) in [6.45, 7) is -0.930. The van der Waals surface area contributed by atoms with E-state index in [-0.39, 0.29) is 6.61 Å². The van der Waals surface area contributed by atoms with Crippen molar-refractivity contribution in [1.82, 2.24) is 0 Å². The van der Waals surface area contributed by atoms with E-state index in [1.54, 1.807) is 0 Å². The number of halogens is 3. The van der Waals surface area contributed by atoms with Crippen molar-refractivity contribution >= 4 is 10.1 Å². The zero-order chi connectivity index (χ0) is 12.4. The first-order valence-corrected chi connectivity index (χ1v) is 5.89. The quantitative estimate of drug-likeness (QED) is 0.587. The van der Waals surface area contributed by atoms with Crippen LogP contribution in [0.5, 0.6) is 0 Å². The summed E-state index contributed by atoms with van der Waals surface area (Å²) in [5.41, 5.74) is -5.41. The minimum absolute atomic E-state index is 0.247. The molecule has 2 atom stereocenters. The molecule has 96 valence electrons. The van der Waals surface area contributed by atoms with Gasteiger partial charge in [0.1, 0.15) is 0 Å². The predicted molar refractivity (Wildman–Crippen MR) is 45.9 cm³/mol. The van der Waals surface area contributed by atoms with Gasteiger partial charge in [-0.05, 0) is 12.8 Å². The van der Waals surface area contributed by atoms with Crippen LogP contribution in [0.2, 0.25) is 0 Å². The van der Waals surface area contributed by atoms with E-state index in [4.69, 9.17) is 9.84 Å². The van der Waals surface area contributed by atoms with Crippen molar-refractivity contribution in [2.45, 2.75) is 30.6 Å². The van der Waals surface area contributed by atoms with Crippen LogP contribution in [0.15, 0.2) is 0 Å². The number of aliphatic hydroxyl groups is 1. The van der Waals surface area contributed by atoms with Crippen LogP contribution in [0.1, 0.15) is 12.8 Å². The molecule has 1 N–H and O–H groups in total. The van der Waals surface area contributed by atoms with Crippen molar-refractivity contribution in [3.8, 4) is 0 Å². The van der Waals surface area contributed by atoms with Gasteiger partial charge in [-0.15, -0.1) is 0 Å². The molecule has 0 amide bonds. The molecule has 0 aliphatic carbocycles. The Labute approximate surface area is 90.3 Å². The molecule has 1 fully saturated rings. The molecule has 0 spiro atoms. The summed E-state index contributed by atoms with van der Waals surface area (Å²) in [4.78, 5) is 0. The third-order valence-electron chi connectivity index (χ3n) is 2.09. The molecule has 1 aliphatic heterocycles. The normalized spacial score (nSPS) is 27.2. The standard InChI is InChI=1S/C7H11F3O5S/c8-7(9,10)16(12,13)14-4-6-2-1-5(3-11)15-6/h5-6,11H,1-4H2/t5-,6+/m1/s1. The van der Waals surface area contributed by atoms with E-state index in [1.807, 2.05) is 0 Å². The number of hydrogen-bond donors (Lipinski definition) is 1. The maximum Gasteiger partial charge on any atom is 0.523 e. The Morgan fingerprint density at radius 1 is 1.31 bits per heavy atom. The highest BCUT2D eigenvalue weighted by Crippen LogP contribution is 2.26. The Bertz CT molecular complexity index is 325. The van der Waals surface area contributed by atoms with E-state index in [0.29, 0.717) is 12.8 Å². The van der Waals surface area contributed by atoms with Crippen molar-refractivity contribution in [1.29, 1.82) is 0 Å². The fourth-order valence-electron chi connectivity index (χ4n) is 1.27. The van der Waals surface area contributed by atoms with Gasteiger partial charge in [-0.1, -0.05) is 0 Å². The molecule has 0 saturated carbocycles. The van der Waals surface area contributed by atoms with E-state index >= 15 is 0 Å². The van der Waals surface area contributed by atoms with E-state index in [1.165, 1.54) is 0 Å². The molecule has 0 aromatic heterocycles. The van der Waals surface area contributed by atoms with Gasteiger partial charge in [-0.3, -0.25) is 4.18 Å². The minimum Gasteiger partial charge on any atom is -0.394 e. The maximum atomic E-state index is 11.9. The molecular weight excluding hydrogens is 253 g/mol. The van der Waals surface area contributed by atoms with Crippen LogP contribution in [-0.2, 0) is 19.0 Å². The topological polar surface area (TPSA) is 72.8 Å². The van der Waals surface area contributed by atoms with Crippen LogP contribution >= 0.6 is 0 Å². The number of rotatable bonds is 4. The van der Waals surface area contributed by atoms with Crippen molar-refractivity contribution in [3.63, 3.8) is 0 Å². The number of hydrogen-bond acceptors (Lipinski definition) is 5. The van der Waals surface area contributed by atoms with E-state index in [9.17, 15) is 21.6 Å². The van der Waals surface area contributed by atoms with E-state index in [2.05, 4.69) is 4.18 Å². The smallest absolute Gasteiger partial charge is 0.394 e. The summed E-state index contributed by atoms with van der Waals surface area (Å²) >= 11 is 0. The monoisotopic (exact) mass is 264 g/mol. The lowest BCUT2D eigenvalue weighted by Crippen LogP contribution is -2.29. The first-order valence-electron chi connectivity index (χ1n) is 4.48. The third kappa shape index (κ3) is 3.30. The molecule has 1 rings (SSSR count). The molecular formula is C7H11F3O5S. The molecule has 0 unspecified atom stereocenters. The van der Waals surface area contributed by atoms with Crippen LogP contribution in [0.25, 0.3) is 0 Å². The molecule has 0 aromatic rings. The predicted octanol–water partition coefficient (Wildman–Crippen LogP) is 0.393. The molecule has 0 aromatic carbocycles. The second-order valence-corrected chi connectivity index (χ2v) is 4.93. The second kappa shape index (κ2) is 4.86. The van der Waals surface area contributed by atoms with Crippen LogP contribution < -0.4 is 0 Å². The van der Waals surface area contributed by atoms with Crippen molar-refractivity contribution < 1.29 is 35.6 Å². The summed E-state index contributed by atoms with van der Waals surface area (Å²) in [6, 6.07) is 0. The van der Waals surface area contributed by atoms with E-state index in [0.717, 1.165) is 0 Å². The Balaban J connectivity index is 2.42. The van der Waals surface area contributed by atoms with Gasteiger partial charge in [-0.25, -0.2) is 0 Å². The zero-order valence-corrected chi connectivity index (χ0v) is 8.92. The average Bonchev–Trinajstić information content (AvgIpc) is 2.60. The first kappa shape index (κ1) is 13.7. The van der Waals surface area contributed by atoms with Gasteiger partial charge in [-0.2, -0.15) is 21.6 Å². The van der Waals surface area contributed by atoms with E-state index < -0.39 is 34.4 Å². The number of ether oxygens (including phenoxy) is 1. The van der Waals surface area contributed by atoms with Crippen molar-refractivity contribution in [2.75, 3.05) is 13.2 Å². The summed E-state index contributed by atoms with van der Waals surface area (Å²) in [5.74, 6) is 0. The highest BCUT2D eigenvalue weighted by molar-refractivity contribution is 7.87. The largest absolute Gasteiger partial charge is 0.523 e. The van der Waals surface area contributed by atoms with Crippen LogP contribution in [0.3, 0.4) is 0 Å². The highest BCUT2D eigenvalue weighted by Gasteiger charge is 2.47. The van der Waals surface area contributed by atoms with Gasteiger partial charge in [0.15, 0.2) is 0 Å². The van der Waals surface area contributed by atoms with Crippen LogP contribution in [0, 0.1) is 0 Å². The summed E-state index contributed by atoms with van der Waals surface area (Å²) in [7, 11) is -5.55. The minimum atomic E-state index is -5.55. The van der Waals surface area contributed by atoms with Gasteiger partial charge in [0.25, 0.3) is 0 Å². The average molecular weight is 264 g/mol.